The number of pyridine rings is 1. The van der Waals surface area contributed by atoms with E-state index in [0.717, 1.165) is 45.6 Å². The van der Waals surface area contributed by atoms with Crippen LogP contribution in [0.4, 0.5) is 0 Å². The summed E-state index contributed by atoms with van der Waals surface area (Å²) in [7, 11) is 0. The van der Waals surface area contributed by atoms with Gasteiger partial charge in [-0.1, -0.05) is 6.07 Å². The molecule has 0 radical (unpaired) electrons. The van der Waals surface area contributed by atoms with Crippen molar-refractivity contribution < 1.29 is 9.21 Å². The van der Waals surface area contributed by atoms with Gasteiger partial charge in [0.05, 0.1) is 11.8 Å². The normalized spacial score (nSPS) is 20.3. The van der Waals surface area contributed by atoms with Gasteiger partial charge in [0, 0.05) is 38.6 Å². The van der Waals surface area contributed by atoms with Gasteiger partial charge in [-0.2, -0.15) is 0 Å². The van der Waals surface area contributed by atoms with E-state index in [1.165, 1.54) is 12.0 Å². The lowest BCUT2D eigenvalue weighted by atomic mass is 9.77. The average molecular weight is 339 g/mol. The Kier molecular flexibility index (Phi) is 4.34. The third-order valence-electron chi connectivity index (χ3n) is 5.85. The van der Waals surface area contributed by atoms with Crippen LogP contribution in [0.3, 0.4) is 0 Å². The number of piperidine rings is 1. The van der Waals surface area contributed by atoms with Crippen LogP contribution >= 0.6 is 0 Å². The number of carbonyl (C=O) groups is 1. The van der Waals surface area contributed by atoms with E-state index in [1.807, 2.05) is 30.3 Å². The summed E-state index contributed by atoms with van der Waals surface area (Å²) in [4.78, 5) is 21.4. The summed E-state index contributed by atoms with van der Waals surface area (Å²) in [6.45, 7) is 6.81. The Labute approximate surface area is 148 Å². The van der Waals surface area contributed by atoms with Crippen LogP contribution in [0.5, 0.6) is 0 Å². The minimum Gasteiger partial charge on any atom is -0.469 e. The number of rotatable bonds is 3. The zero-order valence-electron chi connectivity index (χ0n) is 14.8. The van der Waals surface area contributed by atoms with Crippen LogP contribution in [0.2, 0.25) is 0 Å². The second-order valence-corrected chi connectivity index (χ2v) is 7.50. The minimum atomic E-state index is 0.117. The molecule has 2 aromatic heterocycles. The Morgan fingerprint density at radius 2 is 2.04 bits per heavy atom. The van der Waals surface area contributed by atoms with Crippen molar-refractivity contribution in [2.24, 2.45) is 5.41 Å². The molecule has 0 aliphatic carbocycles. The molecule has 4 heterocycles. The number of likely N-dealkylation sites (tertiary alicyclic amines) is 2. The fourth-order valence-corrected chi connectivity index (χ4v) is 4.28. The molecule has 2 fully saturated rings. The monoisotopic (exact) mass is 339 g/mol. The van der Waals surface area contributed by atoms with Gasteiger partial charge in [0.2, 0.25) is 0 Å². The number of amides is 1. The van der Waals surface area contributed by atoms with Gasteiger partial charge >= 0.3 is 0 Å². The average Bonchev–Trinajstić information content (AvgIpc) is 3.23. The molecule has 0 aromatic carbocycles. The van der Waals surface area contributed by atoms with E-state index in [4.69, 9.17) is 4.42 Å². The molecule has 2 aromatic rings. The fraction of sp³-hybridized carbons (Fsp3) is 0.500. The van der Waals surface area contributed by atoms with Crippen molar-refractivity contribution in [1.29, 1.82) is 0 Å². The van der Waals surface area contributed by atoms with Crippen molar-refractivity contribution in [3.8, 4) is 0 Å². The largest absolute Gasteiger partial charge is 0.469 e. The first kappa shape index (κ1) is 16.3. The van der Waals surface area contributed by atoms with Gasteiger partial charge in [-0.05, 0) is 55.8 Å². The zero-order valence-corrected chi connectivity index (χ0v) is 14.8. The summed E-state index contributed by atoms with van der Waals surface area (Å²) in [5.74, 6) is 0.833. The van der Waals surface area contributed by atoms with Gasteiger partial charge in [0.25, 0.3) is 5.91 Å². The van der Waals surface area contributed by atoms with Crippen molar-refractivity contribution in [1.82, 2.24) is 14.8 Å². The molecule has 0 unspecified atom stereocenters. The van der Waals surface area contributed by atoms with Crippen LogP contribution in [0.25, 0.3) is 0 Å². The lowest BCUT2D eigenvalue weighted by Gasteiger charge is -2.39. The first-order valence-electron chi connectivity index (χ1n) is 9.10. The van der Waals surface area contributed by atoms with E-state index < -0.39 is 0 Å². The van der Waals surface area contributed by atoms with E-state index in [1.54, 1.807) is 12.3 Å². The molecule has 5 nitrogen and oxygen atoms in total. The molecular formula is C20H25N3O2. The molecular weight excluding hydrogens is 314 g/mol. The van der Waals surface area contributed by atoms with Crippen LogP contribution in [0, 0.1) is 12.3 Å². The number of furan rings is 1. The predicted octanol–water partition coefficient (Wildman–Crippen LogP) is 3.11. The number of aryl methyl sites for hydroxylation is 1. The van der Waals surface area contributed by atoms with Crippen LogP contribution in [-0.2, 0) is 6.54 Å². The zero-order chi connectivity index (χ0) is 17.3. The van der Waals surface area contributed by atoms with Crippen molar-refractivity contribution in [3.05, 3.63) is 53.7 Å². The van der Waals surface area contributed by atoms with Gasteiger partial charge in [0.15, 0.2) is 0 Å². The van der Waals surface area contributed by atoms with Gasteiger partial charge < -0.3 is 9.32 Å². The highest BCUT2D eigenvalue weighted by atomic mass is 16.3. The fourth-order valence-electron chi connectivity index (χ4n) is 4.28. The van der Waals surface area contributed by atoms with E-state index in [-0.39, 0.29) is 5.91 Å². The van der Waals surface area contributed by atoms with Crippen molar-refractivity contribution in [3.63, 3.8) is 0 Å². The van der Waals surface area contributed by atoms with E-state index in [9.17, 15) is 4.79 Å². The van der Waals surface area contributed by atoms with Crippen molar-refractivity contribution in [2.75, 3.05) is 26.2 Å². The summed E-state index contributed by atoms with van der Waals surface area (Å²) in [5, 5.41) is 0. The SMILES string of the molecule is Cc1occc1C(=O)N1CCC2(CCN(Cc3cccnc3)C2)CC1. The number of aromatic nitrogens is 1. The number of nitrogens with zero attached hydrogens (tertiary/aromatic N) is 3. The van der Waals surface area contributed by atoms with Gasteiger partial charge in [0.1, 0.15) is 5.76 Å². The lowest BCUT2D eigenvalue weighted by Crippen LogP contribution is -2.44. The molecule has 132 valence electrons. The second kappa shape index (κ2) is 6.64. The molecule has 0 N–H and O–H groups in total. The maximum absolute atomic E-state index is 12.6. The van der Waals surface area contributed by atoms with Gasteiger partial charge in [-0.3, -0.25) is 14.7 Å². The summed E-state index contributed by atoms with van der Waals surface area (Å²) >= 11 is 0. The highest BCUT2D eigenvalue weighted by molar-refractivity contribution is 5.95. The highest BCUT2D eigenvalue weighted by Crippen LogP contribution is 2.41. The molecule has 2 saturated heterocycles. The molecule has 25 heavy (non-hydrogen) atoms. The summed E-state index contributed by atoms with van der Waals surface area (Å²) in [6, 6.07) is 5.93. The van der Waals surface area contributed by atoms with Crippen LogP contribution in [0.1, 0.15) is 40.9 Å². The molecule has 0 atom stereocenters. The topological polar surface area (TPSA) is 49.6 Å². The molecule has 2 aliphatic heterocycles. The Morgan fingerprint density at radius 3 is 2.72 bits per heavy atom. The van der Waals surface area contributed by atoms with Gasteiger partial charge in [-0.25, -0.2) is 0 Å². The molecule has 5 heteroatoms. The van der Waals surface area contributed by atoms with Gasteiger partial charge in [-0.15, -0.1) is 0 Å². The third-order valence-corrected chi connectivity index (χ3v) is 5.85. The van der Waals surface area contributed by atoms with E-state index in [0.29, 0.717) is 16.7 Å². The number of carbonyl (C=O) groups excluding carboxylic acids is 1. The highest BCUT2D eigenvalue weighted by Gasteiger charge is 2.41. The molecule has 1 spiro atoms. The van der Waals surface area contributed by atoms with Crippen LogP contribution < -0.4 is 0 Å². The van der Waals surface area contributed by atoms with Crippen molar-refractivity contribution in [2.45, 2.75) is 32.7 Å². The molecule has 0 bridgehead atoms. The Hall–Kier alpha value is -2.14. The summed E-state index contributed by atoms with van der Waals surface area (Å²) in [5.41, 5.74) is 2.37. The first-order chi connectivity index (χ1) is 12.2. The number of hydrogen-bond donors (Lipinski definition) is 0. The third kappa shape index (κ3) is 3.33. The molecule has 1 amide bonds. The quantitative estimate of drug-likeness (QED) is 0.862. The maximum atomic E-state index is 12.6. The molecule has 2 aliphatic rings. The Bertz CT molecular complexity index is 732. The van der Waals surface area contributed by atoms with Crippen LogP contribution in [0.15, 0.2) is 41.3 Å². The van der Waals surface area contributed by atoms with E-state index >= 15 is 0 Å². The smallest absolute Gasteiger partial charge is 0.257 e. The first-order valence-corrected chi connectivity index (χ1v) is 9.10. The minimum absolute atomic E-state index is 0.117. The molecule has 4 rings (SSSR count). The standard InChI is InChI=1S/C20H25N3O2/c1-16-18(4-12-25-16)19(24)23-10-6-20(7-11-23)5-9-22(15-20)14-17-3-2-8-21-13-17/h2-4,8,12-13H,5-7,9-11,14-15H2,1H3. The summed E-state index contributed by atoms with van der Waals surface area (Å²) in [6.07, 6.45) is 8.81. The van der Waals surface area contributed by atoms with E-state index in [2.05, 4.69) is 16.0 Å². The number of hydrogen-bond acceptors (Lipinski definition) is 4. The predicted molar refractivity (Wildman–Crippen MR) is 95.1 cm³/mol. The maximum Gasteiger partial charge on any atom is 0.257 e. The second-order valence-electron chi connectivity index (χ2n) is 7.50. The summed E-state index contributed by atoms with van der Waals surface area (Å²) < 4.78 is 5.28. The van der Waals surface area contributed by atoms with Crippen molar-refractivity contribution >= 4 is 5.91 Å². The lowest BCUT2D eigenvalue weighted by molar-refractivity contribution is 0.0586. The van der Waals surface area contributed by atoms with Crippen LogP contribution in [-0.4, -0.2) is 46.9 Å². The Morgan fingerprint density at radius 1 is 1.24 bits per heavy atom. The Balaban J connectivity index is 1.34. The molecule has 0 saturated carbocycles.